The molecular formula is C19H22N2O. The van der Waals surface area contributed by atoms with Gasteiger partial charge < -0.3 is 9.64 Å². The minimum absolute atomic E-state index is 0.117. The van der Waals surface area contributed by atoms with Gasteiger partial charge in [0, 0.05) is 19.8 Å². The Morgan fingerprint density at radius 2 is 1.59 bits per heavy atom. The monoisotopic (exact) mass is 294 g/mol. The van der Waals surface area contributed by atoms with Crippen molar-refractivity contribution in [2.45, 2.75) is 25.7 Å². The van der Waals surface area contributed by atoms with E-state index in [1.54, 1.807) is 0 Å². The first kappa shape index (κ1) is 14.8. The predicted molar refractivity (Wildman–Crippen MR) is 91.7 cm³/mol. The number of anilines is 1. The fourth-order valence-electron chi connectivity index (χ4n) is 2.72. The summed E-state index contributed by atoms with van der Waals surface area (Å²) in [5.74, 6) is 0. The molecule has 0 radical (unpaired) electrons. The van der Waals surface area contributed by atoms with E-state index in [9.17, 15) is 0 Å². The van der Waals surface area contributed by atoms with Crippen molar-refractivity contribution in [3.05, 3.63) is 65.7 Å². The highest BCUT2D eigenvalue weighted by Gasteiger charge is 2.35. The minimum atomic E-state index is -0.490. The Balaban J connectivity index is 1.97. The van der Waals surface area contributed by atoms with Gasteiger partial charge in [-0.2, -0.15) is 0 Å². The lowest BCUT2D eigenvalue weighted by Crippen LogP contribution is -2.18. The van der Waals surface area contributed by atoms with Gasteiger partial charge >= 0.3 is 0 Å². The molecule has 0 aliphatic carbocycles. The van der Waals surface area contributed by atoms with Crippen LogP contribution in [0.5, 0.6) is 0 Å². The van der Waals surface area contributed by atoms with E-state index < -0.39 is 5.72 Å². The molecule has 1 heterocycles. The lowest BCUT2D eigenvalue weighted by molar-refractivity contribution is -0.0160. The van der Waals surface area contributed by atoms with Crippen molar-refractivity contribution in [1.29, 1.82) is 0 Å². The van der Waals surface area contributed by atoms with Crippen molar-refractivity contribution in [2.24, 2.45) is 4.99 Å². The normalized spacial score (nSPS) is 19.8. The molecule has 2 aromatic rings. The third-order valence-electron chi connectivity index (χ3n) is 3.83. The molecule has 1 aliphatic heterocycles. The molecule has 0 bridgehead atoms. The third kappa shape index (κ3) is 2.90. The highest BCUT2D eigenvalue weighted by Crippen LogP contribution is 2.36. The maximum Gasteiger partial charge on any atom is 0.155 e. The maximum absolute atomic E-state index is 6.18. The Kier molecular flexibility index (Phi) is 3.75. The maximum atomic E-state index is 6.18. The Morgan fingerprint density at radius 3 is 2.18 bits per heavy atom. The van der Waals surface area contributed by atoms with Crippen LogP contribution in [-0.4, -0.2) is 25.5 Å². The van der Waals surface area contributed by atoms with Crippen molar-refractivity contribution < 1.29 is 4.74 Å². The molecule has 0 saturated heterocycles. The SMILES string of the molecule is CN(C)c1ccc([C@H]2OC(C)(C)N=C2c2ccccc2)cc1. The third-order valence-corrected chi connectivity index (χ3v) is 3.83. The standard InChI is InChI=1S/C19H22N2O/c1-19(2)20-17(14-8-6-5-7-9-14)18(22-19)15-10-12-16(13-11-15)21(3)4/h5-13,18H,1-4H3/t18-/m1/s1. The predicted octanol–water partition coefficient (Wildman–Crippen LogP) is 4.05. The Hall–Kier alpha value is -2.13. The number of rotatable bonds is 3. The summed E-state index contributed by atoms with van der Waals surface area (Å²) >= 11 is 0. The summed E-state index contributed by atoms with van der Waals surface area (Å²) in [4.78, 5) is 6.88. The van der Waals surface area contributed by atoms with Gasteiger partial charge in [-0.1, -0.05) is 42.5 Å². The van der Waals surface area contributed by atoms with Gasteiger partial charge in [-0.15, -0.1) is 0 Å². The fraction of sp³-hybridized carbons (Fsp3) is 0.316. The first-order valence-electron chi connectivity index (χ1n) is 7.56. The Labute approximate surface area is 132 Å². The first-order chi connectivity index (χ1) is 10.5. The van der Waals surface area contributed by atoms with Gasteiger partial charge in [-0.25, -0.2) is 0 Å². The Bertz CT molecular complexity index is 672. The van der Waals surface area contributed by atoms with Crippen LogP contribution >= 0.6 is 0 Å². The summed E-state index contributed by atoms with van der Waals surface area (Å²) in [6.45, 7) is 4.01. The van der Waals surface area contributed by atoms with E-state index in [2.05, 4.69) is 41.3 Å². The topological polar surface area (TPSA) is 24.8 Å². The average molecular weight is 294 g/mol. The molecule has 3 rings (SSSR count). The molecule has 3 heteroatoms. The van der Waals surface area contributed by atoms with E-state index in [-0.39, 0.29) is 6.10 Å². The van der Waals surface area contributed by atoms with Gasteiger partial charge in [0.1, 0.15) is 6.10 Å². The second-order valence-corrected chi connectivity index (χ2v) is 6.29. The van der Waals surface area contributed by atoms with Crippen molar-refractivity contribution in [3.63, 3.8) is 0 Å². The molecule has 0 saturated carbocycles. The summed E-state index contributed by atoms with van der Waals surface area (Å²) < 4.78 is 6.18. The van der Waals surface area contributed by atoms with Crippen molar-refractivity contribution in [3.8, 4) is 0 Å². The summed E-state index contributed by atoms with van der Waals surface area (Å²) in [7, 11) is 4.09. The molecule has 0 unspecified atom stereocenters. The number of benzene rings is 2. The zero-order chi connectivity index (χ0) is 15.7. The average Bonchev–Trinajstić information content (AvgIpc) is 2.84. The van der Waals surface area contributed by atoms with E-state index in [4.69, 9.17) is 9.73 Å². The molecule has 0 spiro atoms. The van der Waals surface area contributed by atoms with E-state index in [0.717, 1.165) is 16.8 Å². The Morgan fingerprint density at radius 1 is 0.955 bits per heavy atom. The minimum Gasteiger partial charge on any atom is -0.378 e. The molecule has 1 atom stereocenters. The van der Waals surface area contributed by atoms with E-state index >= 15 is 0 Å². The second kappa shape index (κ2) is 5.58. The van der Waals surface area contributed by atoms with Gasteiger partial charge in [0.15, 0.2) is 5.72 Å². The van der Waals surface area contributed by atoms with E-state index in [1.165, 1.54) is 5.69 Å². The van der Waals surface area contributed by atoms with Crippen LogP contribution in [0.4, 0.5) is 5.69 Å². The number of hydrogen-bond donors (Lipinski definition) is 0. The molecule has 22 heavy (non-hydrogen) atoms. The first-order valence-corrected chi connectivity index (χ1v) is 7.56. The molecule has 3 nitrogen and oxygen atoms in total. The van der Waals surface area contributed by atoms with E-state index in [1.807, 2.05) is 46.1 Å². The highest BCUT2D eigenvalue weighted by molar-refractivity contribution is 6.05. The smallest absolute Gasteiger partial charge is 0.155 e. The lowest BCUT2D eigenvalue weighted by Gasteiger charge is -2.20. The zero-order valence-corrected chi connectivity index (χ0v) is 13.6. The van der Waals surface area contributed by atoms with Crippen LogP contribution < -0.4 is 4.90 Å². The number of nitrogens with zero attached hydrogens (tertiary/aromatic N) is 2. The van der Waals surface area contributed by atoms with Gasteiger partial charge in [-0.05, 0) is 37.1 Å². The summed E-state index contributed by atoms with van der Waals surface area (Å²) in [6, 6.07) is 18.8. The number of aliphatic imine (C=N–C) groups is 1. The van der Waals surface area contributed by atoms with Gasteiger partial charge in [0.05, 0.1) is 5.71 Å². The zero-order valence-electron chi connectivity index (χ0n) is 13.6. The van der Waals surface area contributed by atoms with Crippen LogP contribution in [0.15, 0.2) is 59.6 Å². The number of hydrogen-bond acceptors (Lipinski definition) is 3. The molecule has 2 aromatic carbocycles. The van der Waals surface area contributed by atoms with Crippen molar-refractivity contribution in [1.82, 2.24) is 0 Å². The van der Waals surface area contributed by atoms with Crippen molar-refractivity contribution >= 4 is 11.4 Å². The molecule has 0 fully saturated rings. The largest absolute Gasteiger partial charge is 0.378 e. The summed E-state index contributed by atoms with van der Waals surface area (Å²) in [5, 5.41) is 0. The van der Waals surface area contributed by atoms with Crippen LogP contribution in [0.25, 0.3) is 0 Å². The number of ether oxygens (including phenoxy) is 1. The second-order valence-electron chi connectivity index (χ2n) is 6.29. The molecule has 0 N–H and O–H groups in total. The summed E-state index contributed by atoms with van der Waals surface area (Å²) in [5.41, 5.74) is 3.95. The quantitative estimate of drug-likeness (QED) is 0.853. The van der Waals surface area contributed by atoms with Gasteiger partial charge in [0.2, 0.25) is 0 Å². The summed E-state index contributed by atoms with van der Waals surface area (Å²) in [6.07, 6.45) is -0.117. The van der Waals surface area contributed by atoms with E-state index in [0.29, 0.717) is 0 Å². The fourth-order valence-corrected chi connectivity index (χ4v) is 2.72. The van der Waals surface area contributed by atoms with Crippen LogP contribution in [-0.2, 0) is 4.74 Å². The lowest BCUT2D eigenvalue weighted by atomic mass is 9.99. The highest BCUT2D eigenvalue weighted by atomic mass is 16.5. The molecule has 0 aromatic heterocycles. The molecule has 114 valence electrons. The van der Waals surface area contributed by atoms with Crippen molar-refractivity contribution in [2.75, 3.05) is 19.0 Å². The van der Waals surface area contributed by atoms with Crippen LogP contribution in [0.1, 0.15) is 31.1 Å². The van der Waals surface area contributed by atoms with Crippen LogP contribution in [0.2, 0.25) is 0 Å². The molecular weight excluding hydrogens is 272 g/mol. The molecule has 0 amide bonds. The van der Waals surface area contributed by atoms with Crippen LogP contribution in [0.3, 0.4) is 0 Å². The molecule has 1 aliphatic rings. The van der Waals surface area contributed by atoms with Crippen LogP contribution in [0, 0.1) is 0 Å². The van der Waals surface area contributed by atoms with Gasteiger partial charge in [0.25, 0.3) is 0 Å². The van der Waals surface area contributed by atoms with Gasteiger partial charge in [-0.3, -0.25) is 4.99 Å².